The molecule has 0 amide bonds. The first-order valence-electron chi connectivity index (χ1n) is 10.2. The molecule has 5 rings (SSSR count). The molecule has 2 aromatic heterocycles. The SMILES string of the molecule is O=CC1c2c(N3CCOCC3)ccnc2CN1CCc1ccnc2ccccc12. The van der Waals surface area contributed by atoms with Gasteiger partial charge in [-0.05, 0) is 30.2 Å². The Kier molecular flexibility index (Phi) is 4.96. The van der Waals surface area contributed by atoms with Crippen molar-refractivity contribution < 1.29 is 9.53 Å². The third-order valence-corrected chi connectivity index (χ3v) is 5.98. The zero-order chi connectivity index (χ0) is 19.6. The summed E-state index contributed by atoms with van der Waals surface area (Å²) in [5, 5.41) is 1.18. The lowest BCUT2D eigenvalue weighted by Crippen LogP contribution is -2.37. The Hall–Kier alpha value is -2.83. The van der Waals surface area contributed by atoms with Gasteiger partial charge in [0.1, 0.15) is 6.29 Å². The normalized spacial score (nSPS) is 19.4. The standard InChI is InChI=1S/C23H24N4O2/c28-16-22-23-20(25-9-6-21(23)26-11-13-29-14-12-26)15-27(22)10-7-17-5-8-24-19-4-2-1-3-18(17)19/h1-6,8-9,16,22H,7,10-15H2. The van der Waals surface area contributed by atoms with E-state index in [9.17, 15) is 4.79 Å². The highest BCUT2D eigenvalue weighted by Gasteiger charge is 2.34. The maximum absolute atomic E-state index is 12.1. The van der Waals surface area contributed by atoms with Gasteiger partial charge >= 0.3 is 0 Å². The topological polar surface area (TPSA) is 58.6 Å². The van der Waals surface area contributed by atoms with Crippen molar-refractivity contribution in [3.63, 3.8) is 0 Å². The van der Waals surface area contributed by atoms with Crippen LogP contribution < -0.4 is 4.90 Å². The Morgan fingerprint density at radius 1 is 1.07 bits per heavy atom. The highest BCUT2D eigenvalue weighted by molar-refractivity contribution is 5.81. The van der Waals surface area contributed by atoms with E-state index in [4.69, 9.17) is 4.74 Å². The number of fused-ring (bicyclic) bond motifs is 2. The third-order valence-electron chi connectivity index (χ3n) is 5.98. The van der Waals surface area contributed by atoms with Gasteiger partial charge in [0.15, 0.2) is 0 Å². The molecule has 1 fully saturated rings. The molecule has 6 heteroatoms. The van der Waals surface area contributed by atoms with Crippen LogP contribution in [0.2, 0.25) is 0 Å². The highest BCUT2D eigenvalue weighted by Crippen LogP contribution is 2.38. The number of pyridine rings is 2. The summed E-state index contributed by atoms with van der Waals surface area (Å²) in [5.74, 6) is 0. The molecular formula is C23H24N4O2. The lowest BCUT2D eigenvalue weighted by Gasteiger charge is -2.31. The molecule has 1 atom stereocenters. The van der Waals surface area contributed by atoms with Crippen molar-refractivity contribution in [3.8, 4) is 0 Å². The summed E-state index contributed by atoms with van der Waals surface area (Å²) in [4.78, 5) is 25.7. The van der Waals surface area contributed by atoms with E-state index in [1.165, 1.54) is 10.9 Å². The van der Waals surface area contributed by atoms with Crippen molar-refractivity contribution in [1.29, 1.82) is 0 Å². The van der Waals surface area contributed by atoms with Crippen molar-refractivity contribution in [1.82, 2.24) is 14.9 Å². The maximum atomic E-state index is 12.1. The van der Waals surface area contributed by atoms with Gasteiger partial charge in [-0.1, -0.05) is 18.2 Å². The zero-order valence-electron chi connectivity index (χ0n) is 16.3. The number of ether oxygens (including phenoxy) is 1. The second-order valence-corrected chi connectivity index (χ2v) is 7.58. The molecule has 0 bridgehead atoms. The number of para-hydroxylation sites is 1. The predicted molar refractivity (Wildman–Crippen MR) is 112 cm³/mol. The number of anilines is 1. The lowest BCUT2D eigenvalue weighted by molar-refractivity contribution is -0.112. The zero-order valence-corrected chi connectivity index (χ0v) is 16.3. The van der Waals surface area contributed by atoms with E-state index in [2.05, 4.69) is 31.9 Å². The predicted octanol–water partition coefficient (Wildman–Crippen LogP) is 2.76. The Balaban J connectivity index is 1.39. The molecule has 0 saturated carbocycles. The molecule has 4 heterocycles. The van der Waals surface area contributed by atoms with Gasteiger partial charge in [0.05, 0.1) is 30.5 Å². The molecule has 3 aromatic rings. The van der Waals surface area contributed by atoms with Gasteiger partial charge in [-0.25, -0.2) is 0 Å². The molecule has 1 unspecified atom stereocenters. The number of morpholine rings is 1. The molecule has 2 aliphatic heterocycles. The minimum Gasteiger partial charge on any atom is -0.378 e. The average molecular weight is 388 g/mol. The van der Waals surface area contributed by atoms with E-state index in [1.807, 2.05) is 36.7 Å². The van der Waals surface area contributed by atoms with E-state index >= 15 is 0 Å². The van der Waals surface area contributed by atoms with Gasteiger partial charge in [-0.15, -0.1) is 0 Å². The number of aldehydes is 1. The molecule has 1 aromatic carbocycles. The van der Waals surface area contributed by atoms with Crippen LogP contribution in [0.4, 0.5) is 5.69 Å². The van der Waals surface area contributed by atoms with E-state index in [-0.39, 0.29) is 6.04 Å². The summed E-state index contributed by atoms with van der Waals surface area (Å²) >= 11 is 0. The van der Waals surface area contributed by atoms with E-state index in [0.29, 0.717) is 6.54 Å². The van der Waals surface area contributed by atoms with Crippen LogP contribution in [0.15, 0.2) is 48.8 Å². The Morgan fingerprint density at radius 3 is 2.76 bits per heavy atom. The summed E-state index contributed by atoms with van der Waals surface area (Å²) in [6, 6.07) is 12.1. The molecule has 0 aliphatic carbocycles. The first-order valence-corrected chi connectivity index (χ1v) is 10.2. The molecule has 29 heavy (non-hydrogen) atoms. The number of rotatable bonds is 5. The van der Waals surface area contributed by atoms with Gasteiger partial charge in [0, 0.05) is 55.2 Å². The van der Waals surface area contributed by atoms with Crippen molar-refractivity contribution in [2.45, 2.75) is 19.0 Å². The molecule has 0 radical (unpaired) electrons. The lowest BCUT2D eigenvalue weighted by atomic mass is 10.0. The Morgan fingerprint density at radius 2 is 1.90 bits per heavy atom. The smallest absolute Gasteiger partial charge is 0.141 e. The first-order chi connectivity index (χ1) is 14.3. The second kappa shape index (κ2) is 7.89. The van der Waals surface area contributed by atoms with Crippen LogP contribution in [0.5, 0.6) is 0 Å². The number of hydrogen-bond acceptors (Lipinski definition) is 6. The van der Waals surface area contributed by atoms with Crippen LogP contribution in [-0.4, -0.2) is 54.0 Å². The van der Waals surface area contributed by atoms with E-state index < -0.39 is 0 Å². The van der Waals surface area contributed by atoms with Crippen LogP contribution in [0.25, 0.3) is 10.9 Å². The van der Waals surface area contributed by atoms with E-state index in [0.717, 1.165) is 68.0 Å². The number of hydrogen-bond donors (Lipinski definition) is 0. The number of carbonyl (C=O) groups excluding carboxylic acids is 1. The molecule has 6 nitrogen and oxygen atoms in total. The molecule has 2 aliphatic rings. The minimum atomic E-state index is -0.246. The third kappa shape index (κ3) is 3.39. The number of benzene rings is 1. The van der Waals surface area contributed by atoms with E-state index in [1.54, 1.807) is 0 Å². The largest absolute Gasteiger partial charge is 0.378 e. The van der Waals surface area contributed by atoms with Crippen LogP contribution in [0.1, 0.15) is 22.9 Å². The van der Waals surface area contributed by atoms with Crippen molar-refractivity contribution >= 4 is 22.9 Å². The molecule has 0 spiro atoms. The van der Waals surface area contributed by atoms with Gasteiger partial charge in [-0.2, -0.15) is 0 Å². The summed E-state index contributed by atoms with van der Waals surface area (Å²) in [7, 11) is 0. The fourth-order valence-electron chi connectivity index (χ4n) is 4.52. The van der Waals surface area contributed by atoms with Crippen molar-refractivity contribution in [2.24, 2.45) is 0 Å². The minimum absolute atomic E-state index is 0.246. The molecule has 148 valence electrons. The number of aromatic nitrogens is 2. The van der Waals surface area contributed by atoms with Crippen LogP contribution in [0, 0.1) is 0 Å². The highest BCUT2D eigenvalue weighted by atomic mass is 16.5. The summed E-state index contributed by atoms with van der Waals surface area (Å²) in [6.45, 7) is 4.66. The monoisotopic (exact) mass is 388 g/mol. The quantitative estimate of drug-likeness (QED) is 0.627. The van der Waals surface area contributed by atoms with Crippen LogP contribution >= 0.6 is 0 Å². The fraction of sp³-hybridized carbons (Fsp3) is 0.348. The fourth-order valence-corrected chi connectivity index (χ4v) is 4.52. The molecular weight excluding hydrogens is 364 g/mol. The van der Waals surface area contributed by atoms with Crippen LogP contribution in [-0.2, 0) is 22.5 Å². The first kappa shape index (κ1) is 18.2. The van der Waals surface area contributed by atoms with Gasteiger partial charge in [0.25, 0.3) is 0 Å². The summed E-state index contributed by atoms with van der Waals surface area (Å²) in [5.41, 5.74) is 5.50. The Bertz CT molecular complexity index is 1030. The summed E-state index contributed by atoms with van der Waals surface area (Å²) in [6.07, 6.45) is 5.67. The van der Waals surface area contributed by atoms with Gasteiger partial charge < -0.3 is 14.4 Å². The number of nitrogens with zero attached hydrogens (tertiary/aromatic N) is 4. The molecule has 0 N–H and O–H groups in total. The molecule has 1 saturated heterocycles. The summed E-state index contributed by atoms with van der Waals surface area (Å²) < 4.78 is 5.50. The maximum Gasteiger partial charge on any atom is 0.141 e. The van der Waals surface area contributed by atoms with Gasteiger partial charge in [0.2, 0.25) is 0 Å². The van der Waals surface area contributed by atoms with Crippen molar-refractivity contribution in [2.75, 3.05) is 37.7 Å². The van der Waals surface area contributed by atoms with Gasteiger partial charge in [-0.3, -0.25) is 14.9 Å². The second-order valence-electron chi connectivity index (χ2n) is 7.58. The van der Waals surface area contributed by atoms with Crippen molar-refractivity contribution in [3.05, 3.63) is 65.6 Å². The average Bonchev–Trinajstić information content (AvgIpc) is 3.16. The Labute approximate surface area is 170 Å². The van der Waals surface area contributed by atoms with Crippen LogP contribution in [0.3, 0.4) is 0 Å². The number of carbonyl (C=O) groups is 1.